The first-order valence-electron chi connectivity index (χ1n) is 14.0. The van der Waals surface area contributed by atoms with E-state index in [9.17, 15) is 9.59 Å². The molecule has 5 rings (SSSR count). The molecule has 2 aromatic heterocycles. The van der Waals surface area contributed by atoms with Gasteiger partial charge in [-0.15, -0.1) is 0 Å². The number of nitrogens with one attached hydrogen (secondary N) is 2. The summed E-state index contributed by atoms with van der Waals surface area (Å²) in [7, 11) is 0. The van der Waals surface area contributed by atoms with Crippen LogP contribution in [-0.4, -0.2) is 61.2 Å². The summed E-state index contributed by atoms with van der Waals surface area (Å²) < 4.78 is 7.62. The molecule has 2 fully saturated rings. The van der Waals surface area contributed by atoms with Crippen molar-refractivity contribution in [1.82, 2.24) is 24.4 Å². The van der Waals surface area contributed by atoms with Crippen LogP contribution in [0, 0.1) is 5.92 Å². The van der Waals surface area contributed by atoms with Gasteiger partial charge in [-0.1, -0.05) is 29.3 Å². The number of halogens is 2. The Morgan fingerprint density at radius 3 is 2.44 bits per heavy atom. The Kier molecular flexibility index (Phi) is 8.47. The first kappa shape index (κ1) is 29.2. The number of nitrogens with two attached hydrogens (primary N) is 1. The molecule has 2 amide bonds. The number of carbonyl (C=O) groups excluding carboxylic acids is 2. The lowest BCUT2D eigenvalue weighted by atomic mass is 9.85. The van der Waals surface area contributed by atoms with Gasteiger partial charge in [0.25, 0.3) is 0 Å². The lowest BCUT2D eigenvalue weighted by Crippen LogP contribution is -2.47. The van der Waals surface area contributed by atoms with Gasteiger partial charge < -0.3 is 26.0 Å². The summed E-state index contributed by atoms with van der Waals surface area (Å²) in [5.41, 5.74) is 6.85. The number of imidazole rings is 1. The number of hydrogen-bond donors (Lipinski definition) is 3. The highest BCUT2D eigenvalue weighted by atomic mass is 35.5. The summed E-state index contributed by atoms with van der Waals surface area (Å²) in [5.74, 6) is 0.587. The maximum Gasteiger partial charge on any atom is 0.410 e. The molecule has 3 aromatic rings. The summed E-state index contributed by atoms with van der Waals surface area (Å²) >= 11 is 12.9. The molecular formula is C28H36Cl2N8O3. The van der Waals surface area contributed by atoms with Crippen molar-refractivity contribution >= 4 is 64.0 Å². The van der Waals surface area contributed by atoms with Crippen LogP contribution in [0.1, 0.15) is 65.3 Å². The predicted molar refractivity (Wildman–Crippen MR) is 160 cm³/mol. The maximum absolute atomic E-state index is 12.7. The number of amides is 2. The fourth-order valence-electron chi connectivity index (χ4n) is 5.51. The summed E-state index contributed by atoms with van der Waals surface area (Å²) in [6.45, 7) is 6.72. The number of ether oxygens (including phenoxy) is 1. The second kappa shape index (κ2) is 11.9. The van der Waals surface area contributed by atoms with Crippen LogP contribution in [0.4, 0.5) is 22.4 Å². The average molecular weight is 604 g/mol. The van der Waals surface area contributed by atoms with E-state index in [1.54, 1.807) is 29.3 Å². The largest absolute Gasteiger partial charge is 0.444 e. The van der Waals surface area contributed by atoms with Crippen LogP contribution in [0.2, 0.25) is 10.0 Å². The van der Waals surface area contributed by atoms with Crippen LogP contribution in [0.15, 0.2) is 24.4 Å². The second-order valence-electron chi connectivity index (χ2n) is 11.7. The van der Waals surface area contributed by atoms with E-state index in [4.69, 9.17) is 43.6 Å². The minimum atomic E-state index is -0.555. The lowest BCUT2D eigenvalue weighted by Gasteiger charge is -2.34. The van der Waals surface area contributed by atoms with E-state index in [1.165, 1.54) is 0 Å². The zero-order valence-corrected chi connectivity index (χ0v) is 25.0. The van der Waals surface area contributed by atoms with Crippen molar-refractivity contribution in [1.29, 1.82) is 0 Å². The number of aromatic nitrogens is 4. The molecule has 41 heavy (non-hydrogen) atoms. The summed E-state index contributed by atoms with van der Waals surface area (Å²) in [6, 6.07) is 5.29. The molecule has 4 N–H and O–H groups in total. The Balaban J connectivity index is 1.43. The smallest absolute Gasteiger partial charge is 0.410 e. The van der Waals surface area contributed by atoms with Crippen LogP contribution in [0.25, 0.3) is 11.2 Å². The van der Waals surface area contributed by atoms with Crippen molar-refractivity contribution in [2.45, 2.75) is 77.0 Å². The first-order valence-corrected chi connectivity index (χ1v) is 14.7. The van der Waals surface area contributed by atoms with E-state index in [-0.39, 0.29) is 30.0 Å². The number of anilines is 3. The van der Waals surface area contributed by atoms with Gasteiger partial charge in [-0.3, -0.25) is 9.36 Å². The topological polar surface area (TPSA) is 140 Å². The number of nitrogens with zero attached hydrogens (tertiary/aromatic N) is 5. The highest BCUT2D eigenvalue weighted by Crippen LogP contribution is 2.39. The molecule has 1 aliphatic heterocycles. The van der Waals surface area contributed by atoms with Gasteiger partial charge in [0.05, 0.1) is 21.9 Å². The molecular weight excluding hydrogens is 567 g/mol. The van der Waals surface area contributed by atoms with Crippen LogP contribution in [0.5, 0.6) is 0 Å². The molecule has 0 unspecified atom stereocenters. The van der Waals surface area contributed by atoms with Crippen molar-refractivity contribution in [3.8, 4) is 0 Å². The second-order valence-corrected chi connectivity index (χ2v) is 12.6. The monoisotopic (exact) mass is 602 g/mol. The minimum Gasteiger partial charge on any atom is -0.444 e. The number of piperidine rings is 1. The molecule has 3 heterocycles. The Morgan fingerprint density at radius 1 is 1.07 bits per heavy atom. The van der Waals surface area contributed by atoms with Gasteiger partial charge >= 0.3 is 6.09 Å². The van der Waals surface area contributed by atoms with E-state index in [0.29, 0.717) is 64.7 Å². The molecule has 1 saturated carbocycles. The third-order valence-corrected chi connectivity index (χ3v) is 8.13. The fourth-order valence-corrected chi connectivity index (χ4v) is 6.00. The van der Waals surface area contributed by atoms with E-state index in [2.05, 4.69) is 15.6 Å². The van der Waals surface area contributed by atoms with Crippen molar-refractivity contribution in [2.75, 3.05) is 23.7 Å². The summed E-state index contributed by atoms with van der Waals surface area (Å²) in [5, 5.41) is 7.66. The van der Waals surface area contributed by atoms with Gasteiger partial charge in [-0.2, -0.15) is 4.98 Å². The van der Waals surface area contributed by atoms with Crippen molar-refractivity contribution in [3.63, 3.8) is 0 Å². The molecule has 1 aliphatic carbocycles. The molecule has 1 atom stereocenters. The molecule has 13 heteroatoms. The zero-order valence-electron chi connectivity index (χ0n) is 23.5. The van der Waals surface area contributed by atoms with Gasteiger partial charge in [0.15, 0.2) is 5.65 Å². The van der Waals surface area contributed by atoms with Gasteiger partial charge in [0, 0.05) is 31.1 Å². The molecule has 1 aromatic carbocycles. The number of para-hydroxylation sites is 1. The average Bonchev–Trinajstić information content (AvgIpc) is 3.27. The lowest BCUT2D eigenvalue weighted by molar-refractivity contribution is -0.122. The molecule has 0 bridgehead atoms. The number of carbonyl (C=O) groups is 2. The molecule has 2 aliphatic rings. The van der Waals surface area contributed by atoms with Gasteiger partial charge in [0.1, 0.15) is 11.1 Å². The van der Waals surface area contributed by atoms with Gasteiger partial charge in [0.2, 0.25) is 17.8 Å². The Morgan fingerprint density at radius 2 is 1.78 bits per heavy atom. The molecule has 0 radical (unpaired) electrons. The number of benzene rings is 1. The number of likely N-dealkylation sites (tertiary alicyclic amines) is 1. The molecule has 1 saturated heterocycles. The van der Waals surface area contributed by atoms with E-state index < -0.39 is 5.60 Å². The fraction of sp³-hybridized carbons (Fsp3) is 0.536. The third kappa shape index (κ3) is 6.78. The summed E-state index contributed by atoms with van der Waals surface area (Å²) in [6.07, 6.45) is 5.93. The van der Waals surface area contributed by atoms with Crippen LogP contribution in [-0.2, 0) is 9.53 Å². The number of hydrogen-bond acceptors (Lipinski definition) is 8. The molecule has 220 valence electrons. The minimum absolute atomic E-state index is 0.0273. The van der Waals surface area contributed by atoms with Gasteiger partial charge in [-0.05, 0) is 71.4 Å². The number of primary amides is 1. The molecule has 0 spiro atoms. The summed E-state index contributed by atoms with van der Waals surface area (Å²) in [4.78, 5) is 40.4. The van der Waals surface area contributed by atoms with Crippen molar-refractivity contribution in [3.05, 3.63) is 34.4 Å². The van der Waals surface area contributed by atoms with Crippen LogP contribution >= 0.6 is 23.2 Å². The van der Waals surface area contributed by atoms with Crippen molar-refractivity contribution < 1.29 is 14.3 Å². The van der Waals surface area contributed by atoms with E-state index >= 15 is 0 Å². The normalized spacial score (nSPS) is 21.5. The predicted octanol–water partition coefficient (Wildman–Crippen LogP) is 5.90. The highest BCUT2D eigenvalue weighted by molar-refractivity contribution is 6.39. The quantitative estimate of drug-likeness (QED) is 0.316. The van der Waals surface area contributed by atoms with E-state index in [0.717, 1.165) is 25.7 Å². The number of fused-ring (bicyclic) bond motifs is 1. The standard InChI is InChI=1S/C28H36Cl2N8O3/c1-28(2,3)41-27(40)37-13-5-6-17(15-37)33-25-32-14-21-24(36-25)38(18-11-9-16(10-12-18)23(31)39)26(34-21)35-22-19(29)7-4-8-20(22)30/h4,7-8,14,16-18H,5-6,9-13,15H2,1-3H3,(H2,31,39)(H,34,35)(H,32,33,36)/t16-,17-,18-/m1/s1. The van der Waals surface area contributed by atoms with Gasteiger partial charge in [-0.25, -0.2) is 14.8 Å². The molecule has 11 nitrogen and oxygen atoms in total. The first-order chi connectivity index (χ1) is 19.5. The zero-order chi connectivity index (χ0) is 29.3. The Hall–Kier alpha value is -3.31. The highest BCUT2D eigenvalue weighted by Gasteiger charge is 2.31. The van der Waals surface area contributed by atoms with Crippen LogP contribution in [0.3, 0.4) is 0 Å². The Labute approximate surface area is 249 Å². The van der Waals surface area contributed by atoms with E-state index in [1.807, 2.05) is 25.3 Å². The van der Waals surface area contributed by atoms with Crippen LogP contribution < -0.4 is 16.4 Å². The van der Waals surface area contributed by atoms with Crippen molar-refractivity contribution in [2.24, 2.45) is 11.7 Å². The SMILES string of the molecule is CC(C)(C)OC(=O)N1CCC[C@@H](Nc2ncc3nc(Nc4c(Cl)cccc4Cl)n([C@H]4CC[C@H](C(N)=O)CC4)c3n2)C1. The number of rotatable bonds is 6. The maximum atomic E-state index is 12.7. The third-order valence-electron chi connectivity index (χ3n) is 7.50. The Bertz CT molecular complexity index is 1410.